The summed E-state index contributed by atoms with van der Waals surface area (Å²) in [6, 6.07) is -2.17. The van der Waals surface area contributed by atoms with Gasteiger partial charge in [0.1, 0.15) is 11.0 Å². The third-order valence-corrected chi connectivity index (χ3v) is 3.14. The van der Waals surface area contributed by atoms with Gasteiger partial charge in [0.05, 0.1) is 6.42 Å². The van der Waals surface area contributed by atoms with Crippen LogP contribution in [0.5, 0.6) is 0 Å². The number of anilines is 1. The van der Waals surface area contributed by atoms with Crippen molar-refractivity contribution in [3.8, 4) is 0 Å². The zero-order valence-electron chi connectivity index (χ0n) is 11.6. The maximum Gasteiger partial charge on any atom is 0.326 e. The molecule has 10 heteroatoms. The van der Waals surface area contributed by atoms with Gasteiger partial charge in [-0.1, -0.05) is 25.2 Å². The molecule has 5 N–H and O–H groups in total. The van der Waals surface area contributed by atoms with E-state index in [2.05, 4.69) is 20.8 Å². The number of hydrogen-bond acceptors (Lipinski definition) is 6. The average molecular weight is 315 g/mol. The highest BCUT2D eigenvalue weighted by atomic mass is 32.1. The second-order valence-corrected chi connectivity index (χ2v) is 5.82. The lowest BCUT2D eigenvalue weighted by Crippen LogP contribution is -2.45. The average Bonchev–Trinajstić information content (AvgIpc) is 2.73. The highest BCUT2D eigenvalue weighted by molar-refractivity contribution is 7.15. The van der Waals surface area contributed by atoms with Crippen molar-refractivity contribution >= 4 is 34.4 Å². The Labute approximate surface area is 124 Å². The van der Waals surface area contributed by atoms with Gasteiger partial charge in [-0.15, -0.1) is 10.2 Å². The molecule has 3 amide bonds. The Morgan fingerprint density at radius 1 is 1.33 bits per heavy atom. The number of primary amides is 1. The molecular formula is C11H17N5O4S. The summed E-state index contributed by atoms with van der Waals surface area (Å²) in [6.45, 7) is 4.06. The Morgan fingerprint density at radius 2 is 2.00 bits per heavy atom. The topological polar surface area (TPSA) is 147 Å². The van der Waals surface area contributed by atoms with Crippen LogP contribution in [-0.4, -0.2) is 39.3 Å². The Kier molecular flexibility index (Phi) is 6.03. The van der Waals surface area contributed by atoms with Crippen LogP contribution in [0.3, 0.4) is 0 Å². The van der Waals surface area contributed by atoms with Crippen molar-refractivity contribution in [3.05, 3.63) is 5.01 Å². The molecule has 0 aromatic carbocycles. The van der Waals surface area contributed by atoms with Crippen LogP contribution in [0.2, 0.25) is 0 Å². The van der Waals surface area contributed by atoms with E-state index in [9.17, 15) is 14.4 Å². The second-order valence-electron chi connectivity index (χ2n) is 4.76. The lowest BCUT2D eigenvalue weighted by molar-refractivity contribution is -0.140. The van der Waals surface area contributed by atoms with Crippen molar-refractivity contribution in [2.24, 2.45) is 11.7 Å². The summed E-state index contributed by atoms with van der Waals surface area (Å²) in [6.07, 6.45) is 0.248. The van der Waals surface area contributed by atoms with Crippen LogP contribution in [0.15, 0.2) is 0 Å². The van der Waals surface area contributed by atoms with Crippen molar-refractivity contribution in [1.82, 2.24) is 15.5 Å². The third-order valence-electron chi connectivity index (χ3n) is 2.28. The molecule has 0 radical (unpaired) electrons. The molecule has 0 bridgehead atoms. The van der Waals surface area contributed by atoms with Crippen molar-refractivity contribution in [3.63, 3.8) is 0 Å². The minimum Gasteiger partial charge on any atom is -0.480 e. The number of nitrogens with two attached hydrogens (primary N) is 1. The molecule has 0 aliphatic carbocycles. The molecule has 0 aliphatic rings. The number of hydrogen-bond donors (Lipinski definition) is 4. The molecule has 0 saturated heterocycles. The van der Waals surface area contributed by atoms with Gasteiger partial charge >= 0.3 is 12.0 Å². The van der Waals surface area contributed by atoms with Crippen LogP contribution in [-0.2, 0) is 16.0 Å². The summed E-state index contributed by atoms with van der Waals surface area (Å²) in [7, 11) is 0. The first kappa shape index (κ1) is 16.8. The van der Waals surface area contributed by atoms with E-state index in [1.54, 1.807) is 0 Å². The molecule has 0 aliphatic heterocycles. The maximum atomic E-state index is 11.6. The Balaban J connectivity index is 2.57. The van der Waals surface area contributed by atoms with Gasteiger partial charge in [-0.25, -0.2) is 9.59 Å². The first-order valence-electron chi connectivity index (χ1n) is 6.19. The monoisotopic (exact) mass is 315 g/mol. The summed E-state index contributed by atoms with van der Waals surface area (Å²) in [5, 5.41) is 22.1. The van der Waals surface area contributed by atoms with Crippen molar-refractivity contribution in [1.29, 1.82) is 0 Å². The number of nitrogens with one attached hydrogen (secondary N) is 2. The van der Waals surface area contributed by atoms with E-state index < -0.39 is 30.4 Å². The SMILES string of the molecule is CC(C)Cc1nnc(NC(=O)NC(CC(N)=O)C(=O)O)s1. The van der Waals surface area contributed by atoms with Crippen molar-refractivity contribution in [2.45, 2.75) is 32.7 Å². The third kappa shape index (κ3) is 6.17. The number of carbonyl (C=O) groups is 3. The molecule has 0 fully saturated rings. The molecule has 1 rings (SSSR count). The lowest BCUT2D eigenvalue weighted by atomic mass is 10.1. The number of aliphatic carboxylic acids is 1. The summed E-state index contributed by atoms with van der Waals surface area (Å²) >= 11 is 1.21. The maximum absolute atomic E-state index is 11.6. The standard InChI is InChI=1S/C11H17N5O4S/c1-5(2)3-8-15-16-11(21-8)14-10(20)13-6(9(18)19)4-7(12)17/h5-6H,3-4H2,1-2H3,(H2,12,17)(H,18,19)(H2,13,14,16,20). The number of carboxylic acids is 1. The summed E-state index contributed by atoms with van der Waals surface area (Å²) < 4.78 is 0. The van der Waals surface area contributed by atoms with Gasteiger partial charge in [0.2, 0.25) is 11.0 Å². The predicted octanol–water partition coefficient (Wildman–Crippen LogP) is 0.187. The summed E-state index contributed by atoms with van der Waals surface area (Å²) in [5.41, 5.74) is 4.91. The lowest BCUT2D eigenvalue weighted by Gasteiger charge is -2.12. The van der Waals surface area contributed by atoms with E-state index in [-0.39, 0.29) is 5.13 Å². The van der Waals surface area contributed by atoms with E-state index in [4.69, 9.17) is 10.8 Å². The highest BCUT2D eigenvalue weighted by Crippen LogP contribution is 2.18. The Morgan fingerprint density at radius 3 is 2.52 bits per heavy atom. The molecule has 1 heterocycles. The molecule has 1 aromatic rings. The first-order chi connectivity index (χ1) is 9.77. The minimum absolute atomic E-state index is 0.256. The van der Waals surface area contributed by atoms with E-state index in [0.29, 0.717) is 5.92 Å². The van der Waals surface area contributed by atoms with Crippen LogP contribution in [0.1, 0.15) is 25.3 Å². The molecule has 1 aromatic heterocycles. The molecule has 9 nitrogen and oxygen atoms in total. The predicted molar refractivity (Wildman–Crippen MR) is 75.8 cm³/mol. The molecule has 1 unspecified atom stereocenters. The van der Waals surface area contributed by atoms with Gasteiger partial charge in [0.15, 0.2) is 0 Å². The number of aromatic nitrogens is 2. The number of nitrogens with zero attached hydrogens (tertiary/aromatic N) is 2. The van der Waals surface area contributed by atoms with E-state index in [1.807, 2.05) is 13.8 Å². The fourth-order valence-corrected chi connectivity index (χ4v) is 2.38. The number of amides is 3. The van der Waals surface area contributed by atoms with Crippen LogP contribution < -0.4 is 16.4 Å². The normalized spacial score (nSPS) is 12.0. The highest BCUT2D eigenvalue weighted by Gasteiger charge is 2.22. The molecule has 1 atom stereocenters. The molecule has 116 valence electrons. The van der Waals surface area contributed by atoms with Gasteiger partial charge in [0.25, 0.3) is 0 Å². The fraction of sp³-hybridized carbons (Fsp3) is 0.545. The van der Waals surface area contributed by atoms with E-state index in [1.165, 1.54) is 11.3 Å². The van der Waals surface area contributed by atoms with Gasteiger partial charge in [0, 0.05) is 6.42 Å². The van der Waals surface area contributed by atoms with E-state index in [0.717, 1.165) is 11.4 Å². The van der Waals surface area contributed by atoms with E-state index >= 15 is 0 Å². The van der Waals surface area contributed by atoms with Gasteiger partial charge in [-0.05, 0) is 5.92 Å². The second kappa shape index (κ2) is 7.53. The molecule has 21 heavy (non-hydrogen) atoms. The largest absolute Gasteiger partial charge is 0.480 e. The zero-order valence-corrected chi connectivity index (χ0v) is 12.4. The quantitative estimate of drug-likeness (QED) is 0.564. The first-order valence-corrected chi connectivity index (χ1v) is 7.00. The molecule has 0 spiro atoms. The van der Waals surface area contributed by atoms with Crippen LogP contribution in [0.25, 0.3) is 0 Å². The van der Waals surface area contributed by atoms with Gasteiger partial charge < -0.3 is 16.2 Å². The summed E-state index contributed by atoms with van der Waals surface area (Å²) in [4.78, 5) is 33.2. The smallest absolute Gasteiger partial charge is 0.326 e. The number of carboxylic acid groups (broad SMARTS) is 1. The van der Waals surface area contributed by atoms with Crippen molar-refractivity contribution in [2.75, 3.05) is 5.32 Å². The summed E-state index contributed by atoms with van der Waals surface area (Å²) in [5.74, 6) is -1.76. The van der Waals surface area contributed by atoms with Crippen LogP contribution >= 0.6 is 11.3 Å². The Hall–Kier alpha value is -2.23. The zero-order chi connectivity index (χ0) is 16.0. The number of rotatable bonds is 7. The van der Waals surface area contributed by atoms with Gasteiger partial charge in [-0.3, -0.25) is 10.1 Å². The fourth-order valence-electron chi connectivity index (χ4n) is 1.43. The Bertz CT molecular complexity index is 530. The van der Waals surface area contributed by atoms with Crippen LogP contribution in [0.4, 0.5) is 9.93 Å². The minimum atomic E-state index is -1.38. The van der Waals surface area contributed by atoms with Crippen molar-refractivity contribution < 1.29 is 19.5 Å². The van der Waals surface area contributed by atoms with Gasteiger partial charge in [-0.2, -0.15) is 0 Å². The molecule has 0 saturated carbocycles. The van der Waals surface area contributed by atoms with Crippen LogP contribution in [0, 0.1) is 5.92 Å². The molecular weight excluding hydrogens is 298 g/mol. The number of carbonyl (C=O) groups excluding carboxylic acids is 2. The number of urea groups is 1.